The minimum Gasteiger partial charge on any atom is -0.469 e. The van der Waals surface area contributed by atoms with Crippen molar-refractivity contribution in [2.75, 3.05) is 5.32 Å². The van der Waals surface area contributed by atoms with Gasteiger partial charge in [-0.3, -0.25) is 0 Å². The molecule has 1 N–H and O–H groups in total. The first-order valence-corrected chi connectivity index (χ1v) is 5.99. The number of nitrogens with one attached hydrogen (secondary N) is 1. The molecule has 0 fully saturated rings. The Balaban J connectivity index is 1.71. The average Bonchev–Trinajstić information content (AvgIpc) is 3.06. The third kappa shape index (κ3) is 2.49. The fourth-order valence-electron chi connectivity index (χ4n) is 1.78. The van der Waals surface area contributed by atoms with E-state index in [9.17, 15) is 0 Å². The summed E-state index contributed by atoms with van der Waals surface area (Å²) in [6, 6.07) is 12.2. The van der Waals surface area contributed by atoms with Crippen molar-refractivity contribution in [3.05, 3.63) is 54.0 Å². The number of hydrogen-bond acceptors (Lipinski definition) is 5. The van der Waals surface area contributed by atoms with Crippen molar-refractivity contribution in [2.45, 2.75) is 13.5 Å². The highest BCUT2D eigenvalue weighted by Crippen LogP contribution is 2.24. The first-order valence-electron chi connectivity index (χ1n) is 5.99. The minimum atomic E-state index is 0.402. The fraction of sp³-hybridized carbons (Fsp3) is 0.143. The number of aromatic nitrogens is 2. The molecule has 0 aliphatic rings. The molecule has 5 heteroatoms. The maximum Gasteiger partial charge on any atom is 0.316 e. The van der Waals surface area contributed by atoms with Gasteiger partial charge >= 0.3 is 6.01 Å². The summed E-state index contributed by atoms with van der Waals surface area (Å²) in [5, 5.41) is 11.0. The maximum absolute atomic E-state index is 5.54. The smallest absolute Gasteiger partial charge is 0.316 e. The third-order valence-electron chi connectivity index (χ3n) is 2.80. The Morgan fingerprint density at radius 2 is 1.95 bits per heavy atom. The molecule has 0 spiro atoms. The van der Waals surface area contributed by atoms with Crippen molar-refractivity contribution >= 4 is 6.01 Å². The number of furan rings is 1. The van der Waals surface area contributed by atoms with Crippen LogP contribution >= 0.6 is 0 Å². The van der Waals surface area contributed by atoms with E-state index in [2.05, 4.69) is 15.5 Å². The van der Waals surface area contributed by atoms with Crippen molar-refractivity contribution in [2.24, 2.45) is 0 Å². The van der Waals surface area contributed by atoms with Gasteiger partial charge < -0.3 is 14.2 Å². The van der Waals surface area contributed by atoms with Crippen LogP contribution in [0.5, 0.6) is 0 Å². The van der Waals surface area contributed by atoms with Crippen molar-refractivity contribution in [1.29, 1.82) is 0 Å². The van der Waals surface area contributed by atoms with E-state index in [0.717, 1.165) is 16.9 Å². The van der Waals surface area contributed by atoms with E-state index in [-0.39, 0.29) is 0 Å². The summed E-state index contributed by atoms with van der Waals surface area (Å²) in [5.41, 5.74) is 1.97. The summed E-state index contributed by atoms with van der Waals surface area (Å²) >= 11 is 0. The lowest BCUT2D eigenvalue weighted by Crippen LogP contribution is -1.98. The topological polar surface area (TPSA) is 64.1 Å². The molecule has 96 valence electrons. The van der Waals surface area contributed by atoms with Gasteiger partial charge in [0.15, 0.2) is 0 Å². The second-order valence-corrected chi connectivity index (χ2v) is 4.14. The second kappa shape index (κ2) is 4.97. The zero-order valence-corrected chi connectivity index (χ0v) is 10.5. The Labute approximate surface area is 110 Å². The molecule has 5 nitrogen and oxygen atoms in total. The van der Waals surface area contributed by atoms with Gasteiger partial charge in [-0.1, -0.05) is 35.4 Å². The summed E-state index contributed by atoms with van der Waals surface area (Å²) < 4.78 is 10.7. The zero-order valence-electron chi connectivity index (χ0n) is 10.5. The molecule has 3 rings (SSSR count). The molecular weight excluding hydrogens is 242 g/mol. The molecule has 0 saturated heterocycles. The number of nitrogens with zero attached hydrogens (tertiary/aromatic N) is 2. The number of aryl methyl sites for hydroxylation is 1. The van der Waals surface area contributed by atoms with Gasteiger partial charge in [0.25, 0.3) is 5.89 Å². The standard InChI is InChI=1S/C14H13N3O2/c1-10-12(7-8-18-10)13-16-17-14(19-13)15-9-11-5-3-2-4-6-11/h2-8H,9H2,1H3,(H,15,17). The highest BCUT2D eigenvalue weighted by Gasteiger charge is 2.12. The normalized spacial score (nSPS) is 10.6. The Morgan fingerprint density at radius 3 is 2.68 bits per heavy atom. The number of benzene rings is 1. The fourth-order valence-corrected chi connectivity index (χ4v) is 1.78. The van der Waals surface area contributed by atoms with Gasteiger partial charge in [0, 0.05) is 6.54 Å². The zero-order chi connectivity index (χ0) is 13.1. The van der Waals surface area contributed by atoms with E-state index in [1.807, 2.05) is 43.3 Å². The average molecular weight is 255 g/mol. The molecule has 2 aromatic heterocycles. The first kappa shape index (κ1) is 11.5. The van der Waals surface area contributed by atoms with Gasteiger partial charge in [-0.25, -0.2) is 0 Å². The van der Waals surface area contributed by atoms with Crippen LogP contribution in [0.4, 0.5) is 6.01 Å². The van der Waals surface area contributed by atoms with E-state index >= 15 is 0 Å². The molecular formula is C14H13N3O2. The van der Waals surface area contributed by atoms with Gasteiger partial charge in [-0.05, 0) is 18.6 Å². The van der Waals surface area contributed by atoms with E-state index < -0.39 is 0 Å². The summed E-state index contributed by atoms with van der Waals surface area (Å²) in [6.07, 6.45) is 1.60. The molecule has 0 aliphatic heterocycles. The lowest BCUT2D eigenvalue weighted by molar-refractivity contribution is 0.530. The molecule has 1 aromatic carbocycles. The van der Waals surface area contributed by atoms with Crippen LogP contribution in [0.1, 0.15) is 11.3 Å². The molecule has 2 heterocycles. The summed E-state index contributed by atoms with van der Waals surface area (Å²) in [5.74, 6) is 1.22. The number of rotatable bonds is 4. The van der Waals surface area contributed by atoms with Crippen LogP contribution in [0.25, 0.3) is 11.5 Å². The molecule has 0 unspecified atom stereocenters. The molecule has 0 amide bonds. The van der Waals surface area contributed by atoms with E-state index in [0.29, 0.717) is 18.5 Å². The molecule has 0 saturated carbocycles. The SMILES string of the molecule is Cc1occc1-c1nnc(NCc2ccccc2)o1. The van der Waals surface area contributed by atoms with Gasteiger partial charge in [0.1, 0.15) is 5.76 Å². The lowest BCUT2D eigenvalue weighted by atomic mass is 10.2. The highest BCUT2D eigenvalue weighted by atomic mass is 16.4. The van der Waals surface area contributed by atoms with Crippen molar-refractivity contribution < 1.29 is 8.83 Å². The van der Waals surface area contributed by atoms with Crippen LogP contribution in [-0.2, 0) is 6.54 Å². The quantitative estimate of drug-likeness (QED) is 0.775. The molecule has 0 aliphatic carbocycles. The maximum atomic E-state index is 5.54. The number of anilines is 1. The number of hydrogen-bond donors (Lipinski definition) is 1. The summed E-state index contributed by atoms with van der Waals surface area (Å²) in [7, 11) is 0. The Kier molecular flexibility index (Phi) is 3.02. The Hall–Kier alpha value is -2.56. The van der Waals surface area contributed by atoms with Crippen molar-refractivity contribution in [3.63, 3.8) is 0 Å². The van der Waals surface area contributed by atoms with Crippen LogP contribution in [0.15, 0.2) is 51.5 Å². The Bertz CT molecular complexity index is 658. The molecule has 0 radical (unpaired) electrons. The van der Waals surface area contributed by atoms with Crippen LogP contribution in [0.3, 0.4) is 0 Å². The first-order chi connectivity index (χ1) is 9.33. The molecule has 19 heavy (non-hydrogen) atoms. The largest absolute Gasteiger partial charge is 0.469 e. The van der Waals surface area contributed by atoms with Gasteiger partial charge in [0.2, 0.25) is 0 Å². The molecule has 3 aromatic rings. The van der Waals surface area contributed by atoms with Gasteiger partial charge in [0.05, 0.1) is 11.8 Å². The third-order valence-corrected chi connectivity index (χ3v) is 2.80. The van der Waals surface area contributed by atoms with E-state index in [4.69, 9.17) is 8.83 Å². The predicted molar refractivity (Wildman–Crippen MR) is 70.5 cm³/mol. The van der Waals surface area contributed by atoms with Gasteiger partial charge in [-0.2, -0.15) is 0 Å². The van der Waals surface area contributed by atoms with Crippen molar-refractivity contribution in [1.82, 2.24) is 10.2 Å². The van der Waals surface area contributed by atoms with Crippen LogP contribution < -0.4 is 5.32 Å². The second-order valence-electron chi connectivity index (χ2n) is 4.14. The summed E-state index contributed by atoms with van der Waals surface area (Å²) in [6.45, 7) is 2.50. The highest BCUT2D eigenvalue weighted by molar-refractivity contribution is 5.55. The molecule has 0 bridgehead atoms. The minimum absolute atomic E-state index is 0.402. The van der Waals surface area contributed by atoms with Crippen LogP contribution in [-0.4, -0.2) is 10.2 Å². The van der Waals surface area contributed by atoms with Crippen LogP contribution in [0, 0.1) is 6.92 Å². The Morgan fingerprint density at radius 1 is 1.11 bits per heavy atom. The van der Waals surface area contributed by atoms with E-state index in [1.54, 1.807) is 6.26 Å². The molecule has 0 atom stereocenters. The summed E-state index contributed by atoms with van der Waals surface area (Å²) in [4.78, 5) is 0. The van der Waals surface area contributed by atoms with Gasteiger partial charge in [-0.15, -0.1) is 5.10 Å². The van der Waals surface area contributed by atoms with Crippen LogP contribution in [0.2, 0.25) is 0 Å². The van der Waals surface area contributed by atoms with E-state index in [1.165, 1.54) is 0 Å². The van der Waals surface area contributed by atoms with Crippen molar-refractivity contribution in [3.8, 4) is 11.5 Å². The predicted octanol–water partition coefficient (Wildman–Crippen LogP) is 3.25. The lowest BCUT2D eigenvalue weighted by Gasteiger charge is -2.00. The monoisotopic (exact) mass is 255 g/mol.